The predicted octanol–water partition coefficient (Wildman–Crippen LogP) is 3.37. The molecule has 1 aromatic heterocycles. The second-order valence-electron chi connectivity index (χ2n) is 3.93. The zero-order valence-corrected chi connectivity index (χ0v) is 11.7. The lowest BCUT2D eigenvalue weighted by atomic mass is 10.2. The number of hydrogen-bond acceptors (Lipinski definition) is 3. The monoisotopic (exact) mass is 323 g/mol. The Hall–Kier alpha value is -1.95. The average Bonchev–Trinajstić information content (AvgIpc) is 2.33. The molecule has 0 spiro atoms. The Kier molecular flexibility index (Phi) is 3.80. The number of hydrogen-bond donors (Lipinski definition) is 2. The number of aryl methyl sites for hydroxylation is 1. The molecular weight excluding hydrogens is 313 g/mol. The molecule has 0 radical (unpaired) electrons. The highest BCUT2D eigenvalue weighted by Crippen LogP contribution is 2.29. The van der Waals surface area contributed by atoms with E-state index >= 15 is 0 Å². The van der Waals surface area contributed by atoms with E-state index in [0.29, 0.717) is 21.5 Å². The van der Waals surface area contributed by atoms with E-state index < -0.39 is 5.82 Å². The summed E-state index contributed by atoms with van der Waals surface area (Å²) in [6.45, 7) is 1.76. The topological polar surface area (TPSA) is 72.0 Å². The van der Waals surface area contributed by atoms with Gasteiger partial charge in [-0.3, -0.25) is 5.41 Å². The number of nitrogens with two attached hydrogens (primary N) is 1. The van der Waals surface area contributed by atoms with Crippen molar-refractivity contribution in [2.24, 2.45) is 5.73 Å². The van der Waals surface area contributed by atoms with Crippen molar-refractivity contribution in [2.45, 2.75) is 6.92 Å². The van der Waals surface area contributed by atoms with Crippen molar-refractivity contribution in [2.75, 3.05) is 0 Å². The van der Waals surface area contributed by atoms with Crippen molar-refractivity contribution in [1.82, 2.24) is 4.98 Å². The van der Waals surface area contributed by atoms with Gasteiger partial charge in [0.2, 0.25) is 5.88 Å². The molecule has 0 bridgehead atoms. The van der Waals surface area contributed by atoms with Crippen LogP contribution in [0.15, 0.2) is 34.8 Å². The molecule has 98 valence electrons. The van der Waals surface area contributed by atoms with Crippen LogP contribution in [0.5, 0.6) is 11.6 Å². The number of nitrogens with zero attached hydrogens (tertiary/aromatic N) is 1. The highest BCUT2D eigenvalue weighted by molar-refractivity contribution is 9.10. The molecule has 0 aliphatic heterocycles. The van der Waals surface area contributed by atoms with Gasteiger partial charge < -0.3 is 10.5 Å². The lowest BCUT2D eigenvalue weighted by molar-refractivity contribution is 0.454. The fourth-order valence-electron chi connectivity index (χ4n) is 1.51. The van der Waals surface area contributed by atoms with Gasteiger partial charge in [0.05, 0.1) is 4.47 Å². The van der Waals surface area contributed by atoms with Crippen LogP contribution in [0.4, 0.5) is 4.39 Å². The standard InChI is InChI=1S/C13H11BrFN3O/c1-7-4-8(13(16)17)5-12(18-7)19-11-6-9(15)2-3-10(11)14/h2-6H,1H3,(H3,16,17). The molecular formula is C13H11BrFN3O. The predicted molar refractivity (Wildman–Crippen MR) is 74.2 cm³/mol. The van der Waals surface area contributed by atoms with Gasteiger partial charge in [-0.05, 0) is 41.1 Å². The molecule has 0 aliphatic carbocycles. The van der Waals surface area contributed by atoms with Crippen LogP contribution in [-0.4, -0.2) is 10.8 Å². The summed E-state index contributed by atoms with van der Waals surface area (Å²) in [6, 6.07) is 7.33. The summed E-state index contributed by atoms with van der Waals surface area (Å²) in [4.78, 5) is 4.16. The number of benzene rings is 1. The molecule has 19 heavy (non-hydrogen) atoms. The van der Waals surface area contributed by atoms with Gasteiger partial charge in [-0.25, -0.2) is 9.37 Å². The van der Waals surface area contributed by atoms with Gasteiger partial charge >= 0.3 is 0 Å². The molecule has 1 aromatic carbocycles. The van der Waals surface area contributed by atoms with Crippen molar-refractivity contribution in [1.29, 1.82) is 5.41 Å². The molecule has 0 amide bonds. The van der Waals surface area contributed by atoms with E-state index in [-0.39, 0.29) is 11.7 Å². The van der Waals surface area contributed by atoms with Crippen molar-refractivity contribution in [3.8, 4) is 11.6 Å². The molecule has 4 nitrogen and oxygen atoms in total. The highest BCUT2D eigenvalue weighted by Gasteiger charge is 2.08. The van der Waals surface area contributed by atoms with E-state index in [9.17, 15) is 4.39 Å². The van der Waals surface area contributed by atoms with E-state index in [1.165, 1.54) is 18.2 Å². The maximum absolute atomic E-state index is 13.2. The number of pyridine rings is 1. The zero-order chi connectivity index (χ0) is 14.0. The van der Waals surface area contributed by atoms with Crippen molar-refractivity contribution >= 4 is 21.8 Å². The summed E-state index contributed by atoms with van der Waals surface area (Å²) in [5.41, 5.74) is 6.60. The summed E-state index contributed by atoms with van der Waals surface area (Å²) < 4.78 is 19.3. The Balaban J connectivity index is 2.38. The fraction of sp³-hybridized carbons (Fsp3) is 0.0769. The minimum Gasteiger partial charge on any atom is -0.438 e. The van der Waals surface area contributed by atoms with Gasteiger partial charge in [0, 0.05) is 23.4 Å². The minimum absolute atomic E-state index is 0.0753. The van der Waals surface area contributed by atoms with Crippen LogP contribution < -0.4 is 10.5 Å². The first kappa shape index (κ1) is 13.5. The van der Waals surface area contributed by atoms with Gasteiger partial charge in [0.1, 0.15) is 17.4 Å². The van der Waals surface area contributed by atoms with Gasteiger partial charge in [-0.2, -0.15) is 0 Å². The average molecular weight is 324 g/mol. The summed E-state index contributed by atoms with van der Waals surface area (Å²) in [5.74, 6) is 0.0930. The quantitative estimate of drug-likeness (QED) is 0.672. The van der Waals surface area contributed by atoms with Crippen molar-refractivity contribution in [3.05, 3.63) is 51.9 Å². The van der Waals surface area contributed by atoms with Gasteiger partial charge in [-0.15, -0.1) is 0 Å². The molecule has 0 saturated heterocycles. The third-order valence-electron chi connectivity index (χ3n) is 2.35. The van der Waals surface area contributed by atoms with E-state index in [2.05, 4.69) is 20.9 Å². The van der Waals surface area contributed by atoms with E-state index in [1.807, 2.05) is 0 Å². The molecule has 2 rings (SSSR count). The number of aromatic nitrogens is 1. The lowest BCUT2D eigenvalue weighted by Crippen LogP contribution is -2.11. The molecule has 2 aromatic rings. The first-order valence-corrected chi connectivity index (χ1v) is 6.21. The SMILES string of the molecule is Cc1cc(C(=N)N)cc(Oc2cc(F)ccc2Br)n1. The Bertz CT molecular complexity index is 646. The van der Waals surface area contributed by atoms with Crippen LogP contribution in [0.1, 0.15) is 11.3 Å². The van der Waals surface area contributed by atoms with Crippen LogP contribution in [0.2, 0.25) is 0 Å². The molecule has 1 heterocycles. The number of rotatable bonds is 3. The van der Waals surface area contributed by atoms with Gasteiger partial charge in [0.15, 0.2) is 0 Å². The molecule has 0 aliphatic rings. The molecule has 0 unspecified atom stereocenters. The Morgan fingerprint density at radius 3 is 2.79 bits per heavy atom. The maximum atomic E-state index is 13.2. The highest BCUT2D eigenvalue weighted by atomic mass is 79.9. The summed E-state index contributed by atoms with van der Waals surface area (Å²) in [6.07, 6.45) is 0. The summed E-state index contributed by atoms with van der Waals surface area (Å²) >= 11 is 3.27. The van der Waals surface area contributed by atoms with Crippen LogP contribution >= 0.6 is 15.9 Å². The van der Waals surface area contributed by atoms with Crippen LogP contribution in [0, 0.1) is 18.2 Å². The number of nitrogen functional groups attached to an aromatic ring is 1. The Morgan fingerprint density at radius 1 is 1.37 bits per heavy atom. The van der Waals surface area contributed by atoms with Crippen molar-refractivity contribution in [3.63, 3.8) is 0 Å². The molecule has 3 N–H and O–H groups in total. The number of halogens is 2. The molecule has 0 saturated carbocycles. The Morgan fingerprint density at radius 2 is 2.11 bits per heavy atom. The van der Waals surface area contributed by atoms with Crippen LogP contribution in [0.25, 0.3) is 0 Å². The number of nitrogens with one attached hydrogen (secondary N) is 1. The third-order valence-corrected chi connectivity index (χ3v) is 3.00. The first-order valence-electron chi connectivity index (χ1n) is 5.41. The maximum Gasteiger partial charge on any atom is 0.220 e. The summed E-state index contributed by atoms with van der Waals surface area (Å²) in [7, 11) is 0. The third kappa shape index (κ3) is 3.29. The Labute approximate surface area is 118 Å². The van der Waals surface area contributed by atoms with Gasteiger partial charge in [0.25, 0.3) is 0 Å². The normalized spacial score (nSPS) is 10.3. The van der Waals surface area contributed by atoms with E-state index in [4.69, 9.17) is 15.9 Å². The number of amidine groups is 1. The largest absolute Gasteiger partial charge is 0.438 e. The van der Waals surface area contributed by atoms with Gasteiger partial charge in [-0.1, -0.05) is 0 Å². The lowest BCUT2D eigenvalue weighted by Gasteiger charge is -2.09. The van der Waals surface area contributed by atoms with Crippen molar-refractivity contribution < 1.29 is 9.13 Å². The zero-order valence-electron chi connectivity index (χ0n) is 10.1. The van der Waals surface area contributed by atoms with Crippen LogP contribution in [0.3, 0.4) is 0 Å². The number of ether oxygens (including phenoxy) is 1. The molecule has 0 fully saturated rings. The molecule has 0 atom stereocenters. The minimum atomic E-state index is -0.405. The summed E-state index contributed by atoms with van der Waals surface area (Å²) in [5, 5.41) is 7.41. The second-order valence-corrected chi connectivity index (χ2v) is 4.78. The van der Waals surface area contributed by atoms with Crippen LogP contribution in [-0.2, 0) is 0 Å². The fourth-order valence-corrected chi connectivity index (χ4v) is 1.84. The van der Waals surface area contributed by atoms with E-state index in [1.54, 1.807) is 19.1 Å². The smallest absolute Gasteiger partial charge is 0.220 e. The molecule has 6 heteroatoms. The van der Waals surface area contributed by atoms with E-state index in [0.717, 1.165) is 0 Å². The first-order chi connectivity index (χ1) is 8.95. The second kappa shape index (κ2) is 5.36.